The predicted molar refractivity (Wildman–Crippen MR) is 75.1 cm³/mol. The predicted octanol–water partition coefficient (Wildman–Crippen LogP) is 2.80. The third-order valence-corrected chi connectivity index (χ3v) is 5.06. The van der Waals surface area contributed by atoms with Gasteiger partial charge in [0.25, 0.3) is 0 Å². The van der Waals surface area contributed by atoms with Gasteiger partial charge in [-0.3, -0.25) is 0 Å². The fraction of sp³-hybridized carbons (Fsp3) is 0.625. The van der Waals surface area contributed by atoms with Crippen molar-refractivity contribution in [2.75, 3.05) is 25.1 Å². The SMILES string of the molecule is CN1CCCc2cc(C3C(CO)C3(C)C)ccc21. The van der Waals surface area contributed by atoms with Crippen LogP contribution in [0.15, 0.2) is 18.2 Å². The molecule has 1 aliphatic carbocycles. The monoisotopic (exact) mass is 245 g/mol. The summed E-state index contributed by atoms with van der Waals surface area (Å²) >= 11 is 0. The summed E-state index contributed by atoms with van der Waals surface area (Å²) < 4.78 is 0. The summed E-state index contributed by atoms with van der Waals surface area (Å²) in [5.74, 6) is 0.983. The van der Waals surface area contributed by atoms with Crippen molar-refractivity contribution in [1.82, 2.24) is 0 Å². The van der Waals surface area contributed by atoms with E-state index in [1.54, 1.807) is 0 Å². The zero-order chi connectivity index (χ0) is 12.9. The number of fused-ring (bicyclic) bond motifs is 1. The van der Waals surface area contributed by atoms with E-state index in [4.69, 9.17) is 0 Å². The van der Waals surface area contributed by atoms with Crippen molar-refractivity contribution < 1.29 is 5.11 Å². The molecule has 3 rings (SSSR count). The van der Waals surface area contributed by atoms with E-state index in [0.717, 1.165) is 0 Å². The Morgan fingerprint density at radius 2 is 2.17 bits per heavy atom. The van der Waals surface area contributed by atoms with Crippen molar-refractivity contribution in [1.29, 1.82) is 0 Å². The van der Waals surface area contributed by atoms with Crippen molar-refractivity contribution in [2.24, 2.45) is 11.3 Å². The van der Waals surface area contributed by atoms with Crippen molar-refractivity contribution in [3.05, 3.63) is 29.3 Å². The molecule has 2 nitrogen and oxygen atoms in total. The van der Waals surface area contributed by atoms with E-state index in [9.17, 15) is 5.11 Å². The fourth-order valence-corrected chi connectivity index (χ4v) is 3.75. The molecule has 0 aromatic heterocycles. The number of nitrogens with zero attached hydrogens (tertiary/aromatic N) is 1. The lowest BCUT2D eigenvalue weighted by atomic mass is 9.95. The van der Waals surface area contributed by atoms with Crippen molar-refractivity contribution >= 4 is 5.69 Å². The third-order valence-electron chi connectivity index (χ3n) is 5.06. The summed E-state index contributed by atoms with van der Waals surface area (Å²) in [4.78, 5) is 2.35. The van der Waals surface area contributed by atoms with Crippen LogP contribution in [0.1, 0.15) is 37.3 Å². The summed E-state index contributed by atoms with van der Waals surface area (Å²) in [6, 6.07) is 6.92. The van der Waals surface area contributed by atoms with Crippen LogP contribution in [0.5, 0.6) is 0 Å². The molecule has 2 atom stereocenters. The standard InChI is InChI=1S/C16H23NO/c1-16(2)13(10-18)15(16)12-6-7-14-11(9-12)5-4-8-17(14)3/h6-7,9,13,15,18H,4-5,8,10H2,1-3H3. The summed E-state index contributed by atoms with van der Waals surface area (Å²) in [6.07, 6.45) is 2.45. The van der Waals surface area contributed by atoms with Gasteiger partial charge in [-0.25, -0.2) is 0 Å². The second kappa shape index (κ2) is 3.99. The molecule has 1 fully saturated rings. The van der Waals surface area contributed by atoms with Gasteiger partial charge in [-0.2, -0.15) is 0 Å². The lowest BCUT2D eigenvalue weighted by molar-refractivity contribution is 0.256. The van der Waals surface area contributed by atoms with E-state index in [0.29, 0.717) is 18.4 Å². The highest BCUT2D eigenvalue weighted by Crippen LogP contribution is 2.64. The fourth-order valence-electron chi connectivity index (χ4n) is 3.75. The number of hydrogen-bond donors (Lipinski definition) is 1. The van der Waals surface area contributed by atoms with Gasteiger partial charge in [0.05, 0.1) is 0 Å². The van der Waals surface area contributed by atoms with Gasteiger partial charge in [-0.15, -0.1) is 0 Å². The number of aliphatic hydroxyl groups excluding tert-OH is 1. The molecule has 2 unspecified atom stereocenters. The average Bonchev–Trinajstić information content (AvgIpc) is 2.91. The molecule has 18 heavy (non-hydrogen) atoms. The maximum absolute atomic E-state index is 9.45. The van der Waals surface area contributed by atoms with E-state index in [2.05, 4.69) is 44.0 Å². The smallest absolute Gasteiger partial charge is 0.0470 e. The zero-order valence-electron chi connectivity index (χ0n) is 11.6. The maximum atomic E-state index is 9.45. The van der Waals surface area contributed by atoms with Crippen LogP contribution in [0.2, 0.25) is 0 Å². The molecular formula is C16H23NO. The molecular weight excluding hydrogens is 222 g/mol. The number of benzene rings is 1. The highest BCUT2D eigenvalue weighted by molar-refractivity contribution is 5.57. The van der Waals surface area contributed by atoms with Gasteiger partial charge in [0.2, 0.25) is 0 Å². The first-order valence-electron chi connectivity index (χ1n) is 7.00. The van der Waals surface area contributed by atoms with E-state index in [-0.39, 0.29) is 5.41 Å². The Labute approximate surface area is 110 Å². The Hall–Kier alpha value is -1.02. The van der Waals surface area contributed by atoms with Gasteiger partial charge in [0, 0.05) is 25.9 Å². The summed E-state index contributed by atoms with van der Waals surface area (Å²) in [5.41, 5.74) is 4.57. The molecule has 1 aromatic rings. The molecule has 98 valence electrons. The highest BCUT2D eigenvalue weighted by atomic mass is 16.3. The first kappa shape index (κ1) is 12.0. The summed E-state index contributed by atoms with van der Waals surface area (Å²) in [5, 5.41) is 9.45. The molecule has 0 radical (unpaired) electrons. The third kappa shape index (κ3) is 1.66. The lowest BCUT2D eigenvalue weighted by Gasteiger charge is -2.28. The highest BCUT2D eigenvalue weighted by Gasteiger charge is 2.57. The summed E-state index contributed by atoms with van der Waals surface area (Å²) in [6.45, 7) is 6.02. The molecule has 0 saturated heterocycles. The Bertz CT molecular complexity index is 466. The number of hydrogen-bond acceptors (Lipinski definition) is 2. The maximum Gasteiger partial charge on any atom is 0.0470 e. The van der Waals surface area contributed by atoms with Crippen molar-refractivity contribution in [2.45, 2.75) is 32.6 Å². The molecule has 2 heteroatoms. The van der Waals surface area contributed by atoms with Crippen molar-refractivity contribution in [3.8, 4) is 0 Å². The van der Waals surface area contributed by atoms with Crippen LogP contribution in [-0.2, 0) is 6.42 Å². The van der Waals surface area contributed by atoms with Gasteiger partial charge >= 0.3 is 0 Å². The normalized spacial score (nSPS) is 29.0. The molecule has 0 bridgehead atoms. The van der Waals surface area contributed by atoms with Crippen LogP contribution < -0.4 is 4.90 Å². The quantitative estimate of drug-likeness (QED) is 0.866. The van der Waals surface area contributed by atoms with E-state index in [1.807, 2.05) is 0 Å². The second-order valence-electron chi connectivity index (χ2n) is 6.50. The van der Waals surface area contributed by atoms with Crippen LogP contribution in [0.25, 0.3) is 0 Å². The minimum absolute atomic E-state index is 0.267. The number of rotatable bonds is 2. The minimum Gasteiger partial charge on any atom is -0.396 e. The molecule has 0 amide bonds. The largest absolute Gasteiger partial charge is 0.396 e. The Morgan fingerprint density at radius 3 is 2.83 bits per heavy atom. The Balaban J connectivity index is 1.92. The number of anilines is 1. The Kier molecular flexibility index (Phi) is 2.67. The van der Waals surface area contributed by atoms with E-state index >= 15 is 0 Å². The van der Waals surface area contributed by atoms with E-state index in [1.165, 1.54) is 36.2 Å². The molecule has 1 aromatic carbocycles. The van der Waals surface area contributed by atoms with Crippen molar-refractivity contribution in [3.63, 3.8) is 0 Å². The molecule has 0 spiro atoms. The topological polar surface area (TPSA) is 23.5 Å². The van der Waals surface area contributed by atoms with Gasteiger partial charge < -0.3 is 10.0 Å². The first-order chi connectivity index (χ1) is 8.55. The van der Waals surface area contributed by atoms with Gasteiger partial charge in [0.15, 0.2) is 0 Å². The van der Waals surface area contributed by atoms with Crippen LogP contribution in [-0.4, -0.2) is 25.3 Å². The Morgan fingerprint density at radius 1 is 1.39 bits per heavy atom. The number of aryl methyl sites for hydroxylation is 1. The van der Waals surface area contributed by atoms with Gasteiger partial charge in [-0.05, 0) is 47.3 Å². The molecule has 1 aliphatic heterocycles. The first-order valence-corrected chi connectivity index (χ1v) is 7.00. The molecule has 1 saturated carbocycles. The van der Waals surface area contributed by atoms with Crippen LogP contribution in [0.3, 0.4) is 0 Å². The molecule has 1 heterocycles. The summed E-state index contributed by atoms with van der Waals surface area (Å²) in [7, 11) is 2.18. The molecule has 1 N–H and O–H groups in total. The van der Waals surface area contributed by atoms with Gasteiger partial charge in [0.1, 0.15) is 0 Å². The average molecular weight is 245 g/mol. The lowest BCUT2D eigenvalue weighted by Crippen LogP contribution is -2.24. The number of aliphatic hydroxyl groups is 1. The zero-order valence-corrected chi connectivity index (χ0v) is 11.6. The van der Waals surface area contributed by atoms with E-state index < -0.39 is 0 Å². The van der Waals surface area contributed by atoms with Crippen LogP contribution in [0, 0.1) is 11.3 Å². The minimum atomic E-state index is 0.267. The van der Waals surface area contributed by atoms with Crippen LogP contribution in [0.4, 0.5) is 5.69 Å². The van der Waals surface area contributed by atoms with Gasteiger partial charge in [-0.1, -0.05) is 26.0 Å². The second-order valence-corrected chi connectivity index (χ2v) is 6.50. The molecule has 2 aliphatic rings. The van der Waals surface area contributed by atoms with Crippen LogP contribution >= 0.6 is 0 Å².